The molecule has 0 aromatic carbocycles. The van der Waals surface area contributed by atoms with E-state index in [1.165, 1.54) is 0 Å². The maximum Gasteiger partial charge on any atom is 0.260 e. The lowest BCUT2D eigenvalue weighted by atomic mass is 10.2. The average Bonchev–Trinajstić information content (AvgIpc) is 3.20. The Morgan fingerprint density at radius 2 is 1.90 bits per heavy atom. The summed E-state index contributed by atoms with van der Waals surface area (Å²) in [4.78, 5) is 21.4. The van der Waals surface area contributed by atoms with Crippen molar-refractivity contribution in [2.75, 3.05) is 32.8 Å². The lowest BCUT2D eigenvalue weighted by Crippen LogP contribution is -2.49. The van der Waals surface area contributed by atoms with Crippen molar-refractivity contribution in [1.82, 2.24) is 29.7 Å². The minimum Gasteiger partial charge on any atom is -0.466 e. The summed E-state index contributed by atoms with van der Waals surface area (Å²) in [5, 5.41) is 9.30. The number of carbonyl (C=O) groups is 1. The smallest absolute Gasteiger partial charge is 0.260 e. The van der Waals surface area contributed by atoms with Gasteiger partial charge in [0.05, 0.1) is 11.1 Å². The molecule has 1 saturated heterocycles. The highest BCUT2D eigenvalue weighted by Gasteiger charge is 2.24. The molecule has 30 heavy (non-hydrogen) atoms. The van der Waals surface area contributed by atoms with Gasteiger partial charge in [-0.2, -0.15) is 0 Å². The zero-order valence-electron chi connectivity index (χ0n) is 18.2. The van der Waals surface area contributed by atoms with Crippen molar-refractivity contribution >= 4 is 16.9 Å². The van der Waals surface area contributed by atoms with Crippen LogP contribution >= 0.6 is 0 Å². The van der Waals surface area contributed by atoms with E-state index in [0.717, 1.165) is 58.9 Å². The van der Waals surface area contributed by atoms with Gasteiger partial charge < -0.3 is 14.2 Å². The van der Waals surface area contributed by atoms with E-state index >= 15 is 0 Å². The second kappa shape index (κ2) is 8.06. The molecule has 0 radical (unpaired) electrons. The Balaban J connectivity index is 1.34. The number of aryl methyl sites for hydroxylation is 5. The van der Waals surface area contributed by atoms with Crippen LogP contribution in [0.4, 0.5) is 0 Å². The Morgan fingerprint density at radius 1 is 1.17 bits per heavy atom. The van der Waals surface area contributed by atoms with Gasteiger partial charge in [-0.25, -0.2) is 9.67 Å². The molecule has 0 bridgehead atoms. The molecule has 9 heteroatoms. The second-order valence-corrected chi connectivity index (χ2v) is 7.96. The van der Waals surface area contributed by atoms with E-state index in [-0.39, 0.29) is 12.5 Å². The number of fused-ring (bicyclic) bond motifs is 1. The zero-order chi connectivity index (χ0) is 21.4. The van der Waals surface area contributed by atoms with Crippen molar-refractivity contribution < 1.29 is 14.1 Å². The number of rotatable bonds is 5. The average molecular weight is 412 g/mol. The molecule has 0 unspecified atom stereocenters. The Bertz CT molecular complexity index is 1060. The van der Waals surface area contributed by atoms with Crippen LogP contribution in [-0.4, -0.2) is 68.4 Å². The highest BCUT2D eigenvalue weighted by Crippen LogP contribution is 2.27. The van der Waals surface area contributed by atoms with E-state index in [9.17, 15) is 4.79 Å². The van der Waals surface area contributed by atoms with Gasteiger partial charge in [0.2, 0.25) is 5.88 Å². The molecule has 3 aromatic rings. The molecule has 0 N–H and O–H groups in total. The topological polar surface area (TPSA) is 89.5 Å². The number of ether oxygens (including phenoxy) is 1. The third kappa shape index (κ3) is 3.89. The van der Waals surface area contributed by atoms with E-state index in [1.807, 2.05) is 45.7 Å². The first kappa shape index (κ1) is 20.3. The lowest BCUT2D eigenvalue weighted by Gasteiger charge is -2.34. The van der Waals surface area contributed by atoms with Crippen LogP contribution in [-0.2, 0) is 18.4 Å². The quantitative estimate of drug-likeness (QED) is 0.632. The summed E-state index contributed by atoms with van der Waals surface area (Å²) in [5.41, 5.74) is 4.81. The van der Waals surface area contributed by atoms with E-state index in [4.69, 9.17) is 9.26 Å². The number of carbonyl (C=O) groups excluding carboxylic acids is 1. The van der Waals surface area contributed by atoms with Gasteiger partial charge in [0.15, 0.2) is 12.3 Å². The summed E-state index contributed by atoms with van der Waals surface area (Å²) in [7, 11) is 1.83. The molecule has 1 aliphatic heterocycles. The van der Waals surface area contributed by atoms with Crippen LogP contribution in [0.15, 0.2) is 10.6 Å². The molecule has 3 aromatic heterocycles. The summed E-state index contributed by atoms with van der Waals surface area (Å²) in [5.74, 6) is 1.30. The van der Waals surface area contributed by atoms with Crippen molar-refractivity contribution in [3.05, 3.63) is 34.3 Å². The summed E-state index contributed by atoms with van der Waals surface area (Å²) < 4.78 is 12.8. The van der Waals surface area contributed by atoms with E-state index in [0.29, 0.717) is 19.0 Å². The lowest BCUT2D eigenvalue weighted by molar-refractivity contribution is -0.135. The van der Waals surface area contributed by atoms with Gasteiger partial charge >= 0.3 is 0 Å². The summed E-state index contributed by atoms with van der Waals surface area (Å²) in [6, 6.07) is 2.00. The standard InChI is InChI=1S/C21H28N6O3/c1-13-10-14(2)22-20-19(13)21(23-25(20)5)29-12-18(28)27-8-6-26(7-9-27)11-17-15(3)24-30-16(17)4/h10H,6-9,11-12H2,1-5H3. The number of piperazine rings is 1. The molecule has 0 spiro atoms. The molecule has 4 rings (SSSR count). The van der Waals surface area contributed by atoms with Gasteiger partial charge in [-0.1, -0.05) is 5.16 Å². The Labute approximate surface area is 175 Å². The zero-order valence-corrected chi connectivity index (χ0v) is 18.2. The van der Waals surface area contributed by atoms with Crippen molar-refractivity contribution in [2.24, 2.45) is 7.05 Å². The van der Waals surface area contributed by atoms with Crippen molar-refractivity contribution in [3.63, 3.8) is 0 Å². The van der Waals surface area contributed by atoms with Gasteiger partial charge in [0, 0.05) is 51.0 Å². The fourth-order valence-corrected chi connectivity index (χ4v) is 3.98. The maximum absolute atomic E-state index is 12.7. The van der Waals surface area contributed by atoms with Crippen LogP contribution in [0.5, 0.6) is 5.88 Å². The molecule has 1 amide bonds. The van der Waals surface area contributed by atoms with Gasteiger partial charge in [0.25, 0.3) is 5.91 Å². The molecule has 0 saturated carbocycles. The Hall–Kier alpha value is -2.94. The third-order valence-corrected chi connectivity index (χ3v) is 5.71. The van der Waals surface area contributed by atoms with Gasteiger partial charge in [0.1, 0.15) is 5.76 Å². The van der Waals surface area contributed by atoms with Gasteiger partial charge in [-0.3, -0.25) is 9.69 Å². The van der Waals surface area contributed by atoms with E-state index < -0.39 is 0 Å². The molecule has 4 heterocycles. The second-order valence-electron chi connectivity index (χ2n) is 7.96. The number of hydrogen-bond donors (Lipinski definition) is 0. The summed E-state index contributed by atoms with van der Waals surface area (Å²) >= 11 is 0. The van der Waals surface area contributed by atoms with E-state index in [2.05, 4.69) is 20.1 Å². The predicted octanol–water partition coefficient (Wildman–Crippen LogP) is 1.91. The van der Waals surface area contributed by atoms with Crippen LogP contribution in [0.25, 0.3) is 11.0 Å². The monoisotopic (exact) mass is 412 g/mol. The molecule has 1 aliphatic rings. The van der Waals surface area contributed by atoms with Crippen LogP contribution in [0.1, 0.15) is 28.3 Å². The predicted molar refractivity (Wildman–Crippen MR) is 111 cm³/mol. The molecule has 1 fully saturated rings. The summed E-state index contributed by atoms with van der Waals surface area (Å²) in [6.45, 7) is 11.6. The van der Waals surface area contributed by atoms with Crippen molar-refractivity contribution in [1.29, 1.82) is 0 Å². The first-order valence-corrected chi connectivity index (χ1v) is 10.2. The molecule has 9 nitrogen and oxygen atoms in total. The molecular formula is C21H28N6O3. The molecule has 0 atom stereocenters. The SMILES string of the molecule is Cc1cc(C)c2c(OCC(=O)N3CCN(Cc4c(C)noc4C)CC3)nn(C)c2n1. The fraction of sp³-hybridized carbons (Fsp3) is 0.524. The minimum atomic E-state index is -0.0245. The number of pyridine rings is 1. The van der Waals surface area contributed by atoms with Crippen molar-refractivity contribution in [3.8, 4) is 5.88 Å². The normalized spacial score (nSPS) is 15.2. The largest absolute Gasteiger partial charge is 0.466 e. The number of amides is 1. The molecular weight excluding hydrogens is 384 g/mol. The number of nitrogens with zero attached hydrogens (tertiary/aromatic N) is 6. The van der Waals surface area contributed by atoms with Crippen LogP contribution < -0.4 is 4.74 Å². The molecule has 160 valence electrons. The van der Waals surface area contributed by atoms with E-state index in [1.54, 1.807) is 4.68 Å². The summed E-state index contributed by atoms with van der Waals surface area (Å²) in [6.07, 6.45) is 0. The first-order chi connectivity index (χ1) is 14.3. The Kier molecular flexibility index (Phi) is 5.46. The first-order valence-electron chi connectivity index (χ1n) is 10.2. The van der Waals surface area contributed by atoms with Crippen LogP contribution in [0, 0.1) is 27.7 Å². The number of hydrogen-bond acceptors (Lipinski definition) is 7. The highest BCUT2D eigenvalue weighted by atomic mass is 16.5. The van der Waals surface area contributed by atoms with Gasteiger partial charge in [-0.05, 0) is 39.3 Å². The Morgan fingerprint density at radius 3 is 2.57 bits per heavy atom. The van der Waals surface area contributed by atoms with Crippen molar-refractivity contribution in [2.45, 2.75) is 34.2 Å². The number of aromatic nitrogens is 4. The van der Waals surface area contributed by atoms with Crippen LogP contribution in [0.2, 0.25) is 0 Å². The fourth-order valence-electron chi connectivity index (χ4n) is 3.98. The van der Waals surface area contributed by atoms with Crippen LogP contribution in [0.3, 0.4) is 0 Å². The van der Waals surface area contributed by atoms with Gasteiger partial charge in [-0.15, -0.1) is 5.10 Å². The maximum atomic E-state index is 12.7. The minimum absolute atomic E-state index is 0.0245. The third-order valence-electron chi connectivity index (χ3n) is 5.71. The highest BCUT2D eigenvalue weighted by molar-refractivity contribution is 5.85. The molecule has 0 aliphatic carbocycles.